The maximum absolute atomic E-state index is 12.1. The normalized spacial score (nSPS) is 16.2. The molecule has 1 aliphatic heterocycles. The first-order valence-electron chi connectivity index (χ1n) is 9.03. The second kappa shape index (κ2) is 10.4. The highest BCUT2D eigenvalue weighted by Crippen LogP contribution is 2.06. The molecule has 1 aromatic rings. The molecule has 134 valence electrons. The SMILES string of the molecule is CCN1CCN(CCCCNC(=O)c2ccc(COC)cc2)CC1. The molecule has 0 saturated carbocycles. The standard InChI is InChI=1S/C19H31N3O2/c1-3-21-12-14-22(15-13-21)11-5-4-10-20-19(23)18-8-6-17(7-9-18)16-24-2/h6-9H,3-5,10-16H2,1-2H3,(H,20,23). The Balaban J connectivity index is 1.57. The van der Waals surface area contributed by atoms with Crippen molar-refractivity contribution in [2.75, 3.05) is 52.9 Å². The predicted octanol–water partition coefficient (Wildman–Crippen LogP) is 1.98. The molecule has 0 unspecified atom stereocenters. The Kier molecular flexibility index (Phi) is 8.22. The van der Waals surface area contributed by atoms with Crippen molar-refractivity contribution in [1.29, 1.82) is 0 Å². The number of nitrogens with one attached hydrogen (secondary N) is 1. The van der Waals surface area contributed by atoms with Gasteiger partial charge in [0.25, 0.3) is 5.91 Å². The summed E-state index contributed by atoms with van der Waals surface area (Å²) in [5.41, 5.74) is 1.79. The average Bonchev–Trinajstić information content (AvgIpc) is 2.62. The summed E-state index contributed by atoms with van der Waals surface area (Å²) in [6, 6.07) is 7.59. The van der Waals surface area contributed by atoms with E-state index in [2.05, 4.69) is 22.0 Å². The van der Waals surface area contributed by atoms with Crippen LogP contribution in [-0.4, -0.2) is 68.6 Å². The lowest BCUT2D eigenvalue weighted by Gasteiger charge is -2.33. The van der Waals surface area contributed by atoms with Crippen molar-refractivity contribution in [2.24, 2.45) is 0 Å². The maximum Gasteiger partial charge on any atom is 0.251 e. The van der Waals surface area contributed by atoms with Crippen molar-refractivity contribution in [3.8, 4) is 0 Å². The molecule has 1 fully saturated rings. The molecule has 0 bridgehead atoms. The first kappa shape index (κ1) is 18.9. The molecule has 1 aliphatic rings. The minimum Gasteiger partial charge on any atom is -0.380 e. The summed E-state index contributed by atoms with van der Waals surface area (Å²) in [6.07, 6.45) is 2.17. The van der Waals surface area contributed by atoms with Gasteiger partial charge in [-0.25, -0.2) is 0 Å². The third-order valence-electron chi connectivity index (χ3n) is 4.63. The van der Waals surface area contributed by atoms with Gasteiger partial charge >= 0.3 is 0 Å². The van der Waals surface area contributed by atoms with E-state index in [1.165, 1.54) is 26.2 Å². The van der Waals surface area contributed by atoms with Gasteiger partial charge in [0.05, 0.1) is 6.61 Å². The highest BCUT2D eigenvalue weighted by Gasteiger charge is 2.14. The molecule has 1 saturated heterocycles. The number of carbonyl (C=O) groups is 1. The summed E-state index contributed by atoms with van der Waals surface area (Å²) in [4.78, 5) is 17.1. The number of methoxy groups -OCH3 is 1. The lowest BCUT2D eigenvalue weighted by atomic mass is 10.1. The highest BCUT2D eigenvalue weighted by atomic mass is 16.5. The van der Waals surface area contributed by atoms with Crippen molar-refractivity contribution >= 4 is 5.91 Å². The van der Waals surface area contributed by atoms with Crippen LogP contribution in [0.1, 0.15) is 35.7 Å². The van der Waals surface area contributed by atoms with Crippen LogP contribution >= 0.6 is 0 Å². The maximum atomic E-state index is 12.1. The van der Waals surface area contributed by atoms with Crippen LogP contribution in [-0.2, 0) is 11.3 Å². The quantitative estimate of drug-likeness (QED) is 0.702. The van der Waals surface area contributed by atoms with E-state index in [0.29, 0.717) is 12.2 Å². The molecule has 0 spiro atoms. The fourth-order valence-corrected chi connectivity index (χ4v) is 3.01. The van der Waals surface area contributed by atoms with Gasteiger partial charge in [-0.1, -0.05) is 19.1 Å². The van der Waals surface area contributed by atoms with Crippen LogP contribution in [0.4, 0.5) is 0 Å². The number of hydrogen-bond donors (Lipinski definition) is 1. The molecule has 2 rings (SSSR count). The Bertz CT molecular complexity index is 482. The lowest BCUT2D eigenvalue weighted by molar-refractivity contribution is 0.0951. The van der Waals surface area contributed by atoms with Gasteiger partial charge in [0.2, 0.25) is 0 Å². The van der Waals surface area contributed by atoms with Gasteiger partial charge in [0, 0.05) is 45.4 Å². The van der Waals surface area contributed by atoms with Gasteiger partial charge in [-0.05, 0) is 43.6 Å². The topological polar surface area (TPSA) is 44.8 Å². The number of unbranched alkanes of at least 4 members (excludes halogenated alkanes) is 1. The van der Waals surface area contributed by atoms with Gasteiger partial charge in [0.1, 0.15) is 0 Å². The summed E-state index contributed by atoms with van der Waals surface area (Å²) in [6.45, 7) is 10.6. The first-order valence-corrected chi connectivity index (χ1v) is 9.03. The number of piperazine rings is 1. The summed E-state index contributed by atoms with van der Waals surface area (Å²) in [5.74, 6) is 0.00975. The zero-order valence-electron chi connectivity index (χ0n) is 15.1. The van der Waals surface area contributed by atoms with Crippen molar-refractivity contribution < 1.29 is 9.53 Å². The van der Waals surface area contributed by atoms with E-state index in [4.69, 9.17) is 4.74 Å². The van der Waals surface area contributed by atoms with Crippen LogP contribution < -0.4 is 5.32 Å². The van der Waals surface area contributed by atoms with E-state index in [1.54, 1.807) is 7.11 Å². The molecule has 1 amide bonds. The van der Waals surface area contributed by atoms with Gasteiger partial charge in [-0.15, -0.1) is 0 Å². The van der Waals surface area contributed by atoms with Crippen molar-refractivity contribution in [3.63, 3.8) is 0 Å². The van der Waals surface area contributed by atoms with E-state index >= 15 is 0 Å². The van der Waals surface area contributed by atoms with Gasteiger partial charge in [-0.2, -0.15) is 0 Å². The number of benzene rings is 1. The second-order valence-corrected chi connectivity index (χ2v) is 6.37. The van der Waals surface area contributed by atoms with Crippen molar-refractivity contribution in [2.45, 2.75) is 26.4 Å². The van der Waals surface area contributed by atoms with Crippen LogP contribution in [0, 0.1) is 0 Å². The lowest BCUT2D eigenvalue weighted by Crippen LogP contribution is -2.46. The first-order chi connectivity index (χ1) is 11.7. The van der Waals surface area contributed by atoms with Gasteiger partial charge in [0.15, 0.2) is 0 Å². The molecular formula is C19H31N3O2. The van der Waals surface area contributed by atoms with Crippen LogP contribution in [0.5, 0.6) is 0 Å². The highest BCUT2D eigenvalue weighted by molar-refractivity contribution is 5.94. The average molecular weight is 333 g/mol. The van der Waals surface area contributed by atoms with Crippen molar-refractivity contribution in [1.82, 2.24) is 15.1 Å². The minimum absolute atomic E-state index is 0.00975. The number of amides is 1. The van der Waals surface area contributed by atoms with Crippen LogP contribution in [0.15, 0.2) is 24.3 Å². The Morgan fingerprint density at radius 2 is 1.75 bits per heavy atom. The molecule has 24 heavy (non-hydrogen) atoms. The van der Waals surface area contributed by atoms with E-state index < -0.39 is 0 Å². The molecule has 0 aliphatic carbocycles. The number of ether oxygens (including phenoxy) is 1. The molecule has 1 N–H and O–H groups in total. The Morgan fingerprint density at radius 3 is 2.38 bits per heavy atom. The number of hydrogen-bond acceptors (Lipinski definition) is 4. The summed E-state index contributed by atoms with van der Waals surface area (Å²) >= 11 is 0. The van der Waals surface area contributed by atoms with Crippen LogP contribution in [0.2, 0.25) is 0 Å². The van der Waals surface area contributed by atoms with E-state index in [-0.39, 0.29) is 5.91 Å². The Hall–Kier alpha value is -1.43. The molecule has 5 heteroatoms. The third-order valence-corrected chi connectivity index (χ3v) is 4.63. The summed E-state index contributed by atoms with van der Waals surface area (Å²) < 4.78 is 5.08. The number of nitrogens with zero attached hydrogens (tertiary/aromatic N) is 2. The predicted molar refractivity (Wildman–Crippen MR) is 97.3 cm³/mol. The molecule has 0 radical (unpaired) electrons. The zero-order valence-corrected chi connectivity index (χ0v) is 15.1. The van der Waals surface area contributed by atoms with Gasteiger partial charge < -0.3 is 19.9 Å². The Labute approximate surface area is 146 Å². The number of likely N-dealkylation sites (N-methyl/N-ethyl adjacent to an activating group) is 1. The largest absolute Gasteiger partial charge is 0.380 e. The summed E-state index contributed by atoms with van der Waals surface area (Å²) in [7, 11) is 1.67. The fourth-order valence-electron chi connectivity index (χ4n) is 3.01. The second-order valence-electron chi connectivity index (χ2n) is 6.37. The van der Waals surface area contributed by atoms with Crippen LogP contribution in [0.25, 0.3) is 0 Å². The van der Waals surface area contributed by atoms with Gasteiger partial charge in [-0.3, -0.25) is 4.79 Å². The molecular weight excluding hydrogens is 302 g/mol. The number of carbonyl (C=O) groups excluding carboxylic acids is 1. The monoisotopic (exact) mass is 333 g/mol. The smallest absolute Gasteiger partial charge is 0.251 e. The van der Waals surface area contributed by atoms with E-state index in [0.717, 1.165) is 38.0 Å². The molecule has 0 aromatic heterocycles. The third kappa shape index (κ3) is 6.23. The number of rotatable bonds is 9. The van der Waals surface area contributed by atoms with Crippen molar-refractivity contribution in [3.05, 3.63) is 35.4 Å². The van der Waals surface area contributed by atoms with E-state index in [9.17, 15) is 4.79 Å². The minimum atomic E-state index is 0.00975. The van der Waals surface area contributed by atoms with E-state index in [1.807, 2.05) is 24.3 Å². The molecule has 0 atom stereocenters. The van der Waals surface area contributed by atoms with Crippen LogP contribution in [0.3, 0.4) is 0 Å². The molecule has 5 nitrogen and oxygen atoms in total. The Morgan fingerprint density at radius 1 is 1.08 bits per heavy atom. The zero-order chi connectivity index (χ0) is 17.2. The molecule has 1 aromatic carbocycles. The fraction of sp³-hybridized carbons (Fsp3) is 0.632. The molecule has 1 heterocycles. The summed E-state index contributed by atoms with van der Waals surface area (Å²) in [5, 5.41) is 3.01.